The molecule has 0 saturated carbocycles. The maximum absolute atomic E-state index is 14.3. The van der Waals surface area contributed by atoms with Gasteiger partial charge in [0, 0.05) is 31.0 Å². The van der Waals surface area contributed by atoms with Crippen LogP contribution < -0.4 is 10.6 Å². The minimum absolute atomic E-state index is 0.252. The number of carbonyl (C=O) groups is 1. The number of para-hydroxylation sites is 1. The van der Waals surface area contributed by atoms with E-state index in [0.29, 0.717) is 42.0 Å². The molecule has 4 aromatic rings. The fourth-order valence-electron chi connectivity index (χ4n) is 4.26. The molecule has 158 valence electrons. The van der Waals surface area contributed by atoms with Crippen LogP contribution in [-0.2, 0) is 4.79 Å². The molecule has 2 aromatic carbocycles. The summed E-state index contributed by atoms with van der Waals surface area (Å²) in [5, 5.41) is 9.35. The van der Waals surface area contributed by atoms with Crippen LogP contribution >= 0.6 is 0 Å². The molecule has 7 nitrogen and oxygen atoms in total. The number of nitrogens with zero attached hydrogens (tertiary/aromatic N) is 4. The number of nitrogens with two attached hydrogens (primary N) is 1. The number of aromatic amines is 1. The summed E-state index contributed by atoms with van der Waals surface area (Å²) in [6, 6.07) is 14.2. The summed E-state index contributed by atoms with van der Waals surface area (Å²) in [7, 11) is 0. The lowest BCUT2D eigenvalue weighted by atomic mass is 10.00. The van der Waals surface area contributed by atoms with Crippen molar-refractivity contribution in [3.63, 3.8) is 0 Å². The van der Waals surface area contributed by atoms with Gasteiger partial charge in [-0.3, -0.25) is 9.78 Å². The molecule has 0 radical (unpaired) electrons. The van der Waals surface area contributed by atoms with Crippen LogP contribution in [0.2, 0.25) is 0 Å². The van der Waals surface area contributed by atoms with Crippen LogP contribution in [0.1, 0.15) is 12.0 Å². The van der Waals surface area contributed by atoms with Crippen LogP contribution in [0.4, 0.5) is 10.1 Å². The van der Waals surface area contributed by atoms with Gasteiger partial charge in [-0.25, -0.2) is 9.37 Å². The molecule has 1 aliphatic rings. The van der Waals surface area contributed by atoms with E-state index < -0.39 is 5.82 Å². The number of fused-ring (bicyclic) bond motifs is 1. The number of benzene rings is 2. The number of nitriles is 1. The number of carbonyl (C=O) groups excluding carboxylic acids is 1. The molecule has 0 aliphatic carbocycles. The van der Waals surface area contributed by atoms with Crippen molar-refractivity contribution in [1.82, 2.24) is 15.0 Å². The molecule has 32 heavy (non-hydrogen) atoms. The molecule has 3 N–H and O–H groups in total. The third kappa shape index (κ3) is 3.34. The Bertz CT molecular complexity index is 1390. The maximum atomic E-state index is 14.3. The second-order valence-electron chi connectivity index (χ2n) is 7.83. The van der Waals surface area contributed by atoms with Gasteiger partial charge in [0.2, 0.25) is 5.91 Å². The summed E-state index contributed by atoms with van der Waals surface area (Å²) in [6.45, 7) is 1.09. The average Bonchev–Trinajstić information content (AvgIpc) is 3.47. The molecule has 0 unspecified atom stereocenters. The van der Waals surface area contributed by atoms with Crippen molar-refractivity contribution >= 4 is 22.6 Å². The van der Waals surface area contributed by atoms with E-state index in [2.05, 4.69) is 25.9 Å². The summed E-state index contributed by atoms with van der Waals surface area (Å²) >= 11 is 0. The highest BCUT2D eigenvalue weighted by Crippen LogP contribution is 2.40. The summed E-state index contributed by atoms with van der Waals surface area (Å²) in [6.07, 6.45) is 4.06. The van der Waals surface area contributed by atoms with Gasteiger partial charge in [0.15, 0.2) is 5.82 Å². The lowest BCUT2D eigenvalue weighted by molar-refractivity contribution is -0.121. The minimum atomic E-state index is -0.410. The van der Waals surface area contributed by atoms with Crippen LogP contribution in [0, 0.1) is 23.1 Å². The van der Waals surface area contributed by atoms with Gasteiger partial charge in [0.1, 0.15) is 11.3 Å². The Kier molecular flexibility index (Phi) is 4.79. The summed E-state index contributed by atoms with van der Waals surface area (Å²) in [5.74, 6) is -0.523. The van der Waals surface area contributed by atoms with Gasteiger partial charge in [0.25, 0.3) is 0 Å². The monoisotopic (exact) mass is 426 g/mol. The minimum Gasteiger partial charge on any atom is -0.370 e. The van der Waals surface area contributed by atoms with Crippen molar-refractivity contribution in [2.75, 3.05) is 18.0 Å². The first kappa shape index (κ1) is 19.7. The quantitative estimate of drug-likeness (QED) is 0.518. The molecule has 1 atom stereocenters. The molecule has 1 aliphatic heterocycles. The van der Waals surface area contributed by atoms with E-state index in [0.717, 1.165) is 16.8 Å². The van der Waals surface area contributed by atoms with Crippen LogP contribution in [0.25, 0.3) is 33.5 Å². The number of nitrogens with one attached hydrogen (secondary N) is 1. The van der Waals surface area contributed by atoms with E-state index in [1.165, 1.54) is 6.07 Å². The van der Waals surface area contributed by atoms with Crippen molar-refractivity contribution in [3.8, 4) is 28.6 Å². The predicted molar refractivity (Wildman–Crippen MR) is 119 cm³/mol. The Morgan fingerprint density at radius 3 is 2.78 bits per heavy atom. The normalized spacial score (nSPS) is 15.8. The molecular formula is C24H19FN6O. The first-order valence-corrected chi connectivity index (χ1v) is 10.2. The fraction of sp³-hybridized carbons (Fsp3) is 0.167. The molecule has 3 heterocycles. The van der Waals surface area contributed by atoms with Crippen LogP contribution in [0.15, 0.2) is 54.9 Å². The average molecular weight is 426 g/mol. The molecule has 2 aromatic heterocycles. The second-order valence-corrected chi connectivity index (χ2v) is 7.83. The molecule has 1 saturated heterocycles. The van der Waals surface area contributed by atoms with Gasteiger partial charge >= 0.3 is 0 Å². The highest BCUT2D eigenvalue weighted by Gasteiger charge is 2.30. The van der Waals surface area contributed by atoms with Crippen molar-refractivity contribution in [3.05, 3.63) is 66.2 Å². The van der Waals surface area contributed by atoms with E-state index in [-0.39, 0.29) is 17.3 Å². The zero-order chi connectivity index (χ0) is 22.2. The van der Waals surface area contributed by atoms with Crippen molar-refractivity contribution < 1.29 is 9.18 Å². The molecule has 0 spiro atoms. The Hall–Kier alpha value is -4.25. The number of imidazole rings is 1. The number of amides is 1. The van der Waals surface area contributed by atoms with Crippen LogP contribution in [0.5, 0.6) is 0 Å². The van der Waals surface area contributed by atoms with E-state index in [1.54, 1.807) is 36.7 Å². The molecule has 1 amide bonds. The number of H-pyrrole nitrogens is 1. The first-order valence-electron chi connectivity index (χ1n) is 10.2. The van der Waals surface area contributed by atoms with E-state index in [1.807, 2.05) is 12.1 Å². The zero-order valence-corrected chi connectivity index (χ0v) is 17.0. The zero-order valence-electron chi connectivity index (χ0n) is 17.0. The highest BCUT2D eigenvalue weighted by atomic mass is 19.1. The SMILES string of the molecule is N#Cc1cccc(-c2cncc(-c3nc4c(F)cccc4[nH]3)c2N2CC[C@H](C(N)=O)C2)c1. The Morgan fingerprint density at radius 2 is 2.03 bits per heavy atom. The molecule has 5 rings (SSSR count). The Labute approximate surface area is 183 Å². The topological polar surface area (TPSA) is 112 Å². The standard InChI is InChI=1S/C24H19FN6O/c25-19-5-2-6-20-21(19)30-24(29-20)18-12-28-11-17(15-4-1-3-14(9-15)10-26)22(18)31-8-7-16(13-31)23(27)32/h1-6,9,11-12,16H,7-8,13H2,(H2,27,32)(H,29,30)/t16-/m0/s1. The molecule has 1 fully saturated rings. The Morgan fingerprint density at radius 1 is 1.22 bits per heavy atom. The van der Waals surface area contributed by atoms with E-state index in [4.69, 9.17) is 5.73 Å². The summed E-state index contributed by atoms with van der Waals surface area (Å²) in [4.78, 5) is 26.0. The van der Waals surface area contributed by atoms with E-state index in [9.17, 15) is 14.4 Å². The number of hydrogen-bond acceptors (Lipinski definition) is 5. The lowest BCUT2D eigenvalue weighted by Gasteiger charge is -2.24. The number of aromatic nitrogens is 3. The van der Waals surface area contributed by atoms with Crippen molar-refractivity contribution in [2.24, 2.45) is 11.7 Å². The van der Waals surface area contributed by atoms with Crippen LogP contribution in [-0.4, -0.2) is 33.9 Å². The number of primary amides is 1. The summed E-state index contributed by atoms with van der Waals surface area (Å²) < 4.78 is 14.3. The summed E-state index contributed by atoms with van der Waals surface area (Å²) in [5.41, 5.74) is 10.0. The molecule has 0 bridgehead atoms. The molecular weight excluding hydrogens is 407 g/mol. The van der Waals surface area contributed by atoms with E-state index >= 15 is 0 Å². The largest absolute Gasteiger partial charge is 0.370 e. The third-order valence-corrected chi connectivity index (χ3v) is 5.85. The van der Waals surface area contributed by atoms with Crippen molar-refractivity contribution in [1.29, 1.82) is 5.26 Å². The van der Waals surface area contributed by atoms with Crippen molar-refractivity contribution in [2.45, 2.75) is 6.42 Å². The van der Waals surface area contributed by atoms with Gasteiger partial charge in [-0.1, -0.05) is 18.2 Å². The fourth-order valence-corrected chi connectivity index (χ4v) is 4.26. The highest BCUT2D eigenvalue weighted by molar-refractivity contribution is 5.92. The van der Waals surface area contributed by atoms with Gasteiger partial charge < -0.3 is 15.6 Å². The third-order valence-electron chi connectivity index (χ3n) is 5.85. The lowest BCUT2D eigenvalue weighted by Crippen LogP contribution is -2.28. The predicted octanol–water partition coefficient (Wildman–Crippen LogP) is 3.61. The first-order chi connectivity index (χ1) is 15.5. The molecule has 8 heteroatoms. The number of halogens is 1. The van der Waals surface area contributed by atoms with Gasteiger partial charge in [0.05, 0.1) is 34.3 Å². The smallest absolute Gasteiger partial charge is 0.222 e. The number of rotatable bonds is 4. The number of anilines is 1. The van der Waals surface area contributed by atoms with Gasteiger partial charge in [-0.2, -0.15) is 5.26 Å². The van der Waals surface area contributed by atoms with Gasteiger partial charge in [-0.05, 0) is 36.2 Å². The number of hydrogen-bond donors (Lipinski definition) is 2. The van der Waals surface area contributed by atoms with Gasteiger partial charge in [-0.15, -0.1) is 0 Å². The maximum Gasteiger partial charge on any atom is 0.222 e. The Balaban J connectivity index is 1.72. The number of pyridine rings is 1. The van der Waals surface area contributed by atoms with Crippen LogP contribution in [0.3, 0.4) is 0 Å². The second kappa shape index (κ2) is 7.78.